The van der Waals surface area contributed by atoms with Gasteiger partial charge in [0.2, 0.25) is 0 Å². The van der Waals surface area contributed by atoms with E-state index >= 15 is 0 Å². The number of carbonyl (C=O) groups is 1. The zero-order valence-electron chi connectivity index (χ0n) is 14.2. The van der Waals surface area contributed by atoms with E-state index in [1.54, 1.807) is 19.1 Å². The lowest BCUT2D eigenvalue weighted by molar-refractivity contribution is 0.168. The Bertz CT molecular complexity index is 813. The summed E-state index contributed by atoms with van der Waals surface area (Å²) in [4.78, 5) is 25.6. The van der Waals surface area contributed by atoms with Gasteiger partial charge >= 0.3 is 11.7 Å². The lowest BCUT2D eigenvalue weighted by atomic mass is 10.1. The molecule has 0 atom stereocenters. The number of benzene rings is 1. The highest BCUT2D eigenvalue weighted by Gasteiger charge is 2.29. The lowest BCUT2D eigenvalue weighted by Gasteiger charge is -2.21. The predicted molar refractivity (Wildman–Crippen MR) is 93.6 cm³/mol. The topological polar surface area (TPSA) is 92.0 Å². The van der Waals surface area contributed by atoms with Crippen LogP contribution in [0.1, 0.15) is 25.3 Å². The van der Waals surface area contributed by atoms with E-state index in [-0.39, 0.29) is 13.2 Å². The van der Waals surface area contributed by atoms with Gasteiger partial charge in [0.1, 0.15) is 5.58 Å². The molecule has 3 rings (SSSR count). The van der Waals surface area contributed by atoms with Crippen LogP contribution in [0.4, 0.5) is 10.5 Å². The van der Waals surface area contributed by atoms with Gasteiger partial charge in [-0.2, -0.15) is 0 Å². The summed E-state index contributed by atoms with van der Waals surface area (Å²) in [5, 5.41) is 12.7. The van der Waals surface area contributed by atoms with Crippen molar-refractivity contribution in [2.45, 2.75) is 32.4 Å². The fourth-order valence-corrected chi connectivity index (χ4v) is 2.90. The minimum atomic E-state index is -0.553. The van der Waals surface area contributed by atoms with Crippen molar-refractivity contribution in [2.75, 3.05) is 25.1 Å². The number of ether oxygens (including phenoxy) is 1. The Hall–Kier alpha value is -2.38. The van der Waals surface area contributed by atoms with Gasteiger partial charge in [-0.05, 0) is 37.5 Å². The third-order valence-electron chi connectivity index (χ3n) is 4.18. The molecule has 1 fully saturated rings. The fraction of sp³-hybridized carbons (Fsp3) is 0.444. The zero-order valence-corrected chi connectivity index (χ0v) is 14.2. The minimum absolute atomic E-state index is 0.0868. The molecule has 1 aliphatic carbocycles. The molecule has 7 nitrogen and oxygen atoms in total. The molecule has 1 aromatic heterocycles. The van der Waals surface area contributed by atoms with Gasteiger partial charge in [-0.1, -0.05) is 0 Å². The number of hydrogen-bond donors (Lipinski definition) is 2. The Morgan fingerprint density at radius 2 is 2.20 bits per heavy atom. The van der Waals surface area contributed by atoms with Gasteiger partial charge in [0.25, 0.3) is 0 Å². The van der Waals surface area contributed by atoms with E-state index in [0.29, 0.717) is 30.4 Å². The Morgan fingerprint density at radius 1 is 1.40 bits per heavy atom. The van der Waals surface area contributed by atoms with Crippen molar-refractivity contribution >= 4 is 22.7 Å². The molecule has 0 bridgehead atoms. The van der Waals surface area contributed by atoms with Crippen molar-refractivity contribution < 1.29 is 19.1 Å². The van der Waals surface area contributed by atoms with Gasteiger partial charge in [0.05, 0.1) is 13.2 Å². The average molecular weight is 346 g/mol. The molecule has 0 aliphatic heterocycles. The van der Waals surface area contributed by atoms with Crippen molar-refractivity contribution in [3.05, 3.63) is 40.2 Å². The molecule has 0 unspecified atom stereocenters. The molecule has 1 heterocycles. The van der Waals surface area contributed by atoms with Gasteiger partial charge in [0.15, 0.2) is 0 Å². The van der Waals surface area contributed by atoms with Crippen LogP contribution < -0.4 is 10.9 Å². The summed E-state index contributed by atoms with van der Waals surface area (Å²) in [6.07, 6.45) is 1.68. The minimum Gasteiger partial charge on any atom is -0.450 e. The molecule has 25 heavy (non-hydrogen) atoms. The second-order valence-electron chi connectivity index (χ2n) is 6.07. The third-order valence-corrected chi connectivity index (χ3v) is 4.18. The van der Waals surface area contributed by atoms with Gasteiger partial charge in [-0.3, -0.25) is 10.2 Å². The fourth-order valence-electron chi connectivity index (χ4n) is 2.90. The van der Waals surface area contributed by atoms with Crippen LogP contribution in [-0.4, -0.2) is 41.9 Å². The summed E-state index contributed by atoms with van der Waals surface area (Å²) in [7, 11) is 0. The molecule has 0 radical (unpaired) electrons. The molecule has 1 aliphatic rings. The molecular weight excluding hydrogens is 324 g/mol. The summed E-state index contributed by atoms with van der Waals surface area (Å²) < 4.78 is 10.1. The van der Waals surface area contributed by atoms with E-state index in [1.165, 1.54) is 6.07 Å². The largest absolute Gasteiger partial charge is 0.450 e. The second-order valence-corrected chi connectivity index (χ2v) is 6.07. The Balaban J connectivity index is 1.88. The number of fused-ring (bicyclic) bond motifs is 1. The van der Waals surface area contributed by atoms with Crippen molar-refractivity contribution in [2.24, 2.45) is 0 Å². The SMILES string of the molecule is CCOC(=O)Nc1ccc2c(CN(CCO)C3CC3)cc(=O)oc2c1. The van der Waals surface area contributed by atoms with E-state index in [9.17, 15) is 14.7 Å². The van der Waals surface area contributed by atoms with Crippen molar-refractivity contribution in [1.82, 2.24) is 4.90 Å². The molecule has 0 saturated heterocycles. The van der Waals surface area contributed by atoms with Gasteiger partial charge in [-0.15, -0.1) is 0 Å². The summed E-state index contributed by atoms with van der Waals surface area (Å²) in [6.45, 7) is 3.25. The first-order valence-electron chi connectivity index (χ1n) is 8.46. The smallest absolute Gasteiger partial charge is 0.411 e. The average Bonchev–Trinajstić information content (AvgIpc) is 3.39. The van der Waals surface area contributed by atoms with E-state index in [4.69, 9.17) is 9.15 Å². The van der Waals surface area contributed by atoms with Crippen molar-refractivity contribution in [3.8, 4) is 0 Å². The highest BCUT2D eigenvalue weighted by Crippen LogP contribution is 2.29. The van der Waals surface area contributed by atoms with Crippen LogP contribution in [-0.2, 0) is 11.3 Å². The van der Waals surface area contributed by atoms with Gasteiger partial charge < -0.3 is 14.3 Å². The van der Waals surface area contributed by atoms with E-state index < -0.39 is 11.7 Å². The number of anilines is 1. The van der Waals surface area contributed by atoms with Crippen molar-refractivity contribution in [3.63, 3.8) is 0 Å². The summed E-state index contributed by atoms with van der Waals surface area (Å²) in [5.41, 5.74) is 1.34. The summed E-state index contributed by atoms with van der Waals surface area (Å²) in [5.74, 6) is 0. The van der Waals surface area contributed by atoms with Crippen LogP contribution in [0.5, 0.6) is 0 Å². The maximum Gasteiger partial charge on any atom is 0.411 e. The number of nitrogens with one attached hydrogen (secondary N) is 1. The van der Waals surface area contributed by atoms with Crippen LogP contribution in [0.25, 0.3) is 11.0 Å². The Morgan fingerprint density at radius 3 is 2.88 bits per heavy atom. The van der Waals surface area contributed by atoms with E-state index in [2.05, 4.69) is 10.2 Å². The molecule has 134 valence electrons. The molecule has 1 saturated carbocycles. The summed E-state index contributed by atoms with van der Waals surface area (Å²) in [6, 6.07) is 7.15. The van der Waals surface area contributed by atoms with Crippen molar-refractivity contribution in [1.29, 1.82) is 0 Å². The quantitative estimate of drug-likeness (QED) is 0.748. The number of amides is 1. The maximum absolute atomic E-state index is 11.9. The molecule has 0 spiro atoms. The molecule has 2 N–H and O–H groups in total. The zero-order chi connectivity index (χ0) is 17.8. The normalized spacial score (nSPS) is 14.0. The van der Waals surface area contributed by atoms with E-state index in [0.717, 1.165) is 23.8 Å². The molecule has 2 aromatic rings. The van der Waals surface area contributed by atoms with Crippen LogP contribution >= 0.6 is 0 Å². The first kappa shape index (κ1) is 17.4. The maximum atomic E-state index is 11.9. The first-order chi connectivity index (χ1) is 12.1. The van der Waals surface area contributed by atoms with Gasteiger partial charge in [-0.25, -0.2) is 9.59 Å². The standard InChI is InChI=1S/C18H22N2O5/c1-2-24-18(23)19-13-3-6-15-12(9-17(22)25-16(15)10-13)11-20(7-8-21)14-4-5-14/h3,6,9-10,14,21H,2,4-5,7-8,11H2,1H3,(H,19,23). The summed E-state index contributed by atoms with van der Waals surface area (Å²) >= 11 is 0. The highest BCUT2D eigenvalue weighted by molar-refractivity contribution is 5.89. The monoisotopic (exact) mass is 346 g/mol. The molecule has 1 aromatic carbocycles. The van der Waals surface area contributed by atoms with E-state index in [1.807, 2.05) is 6.07 Å². The molecular formula is C18H22N2O5. The third kappa shape index (κ3) is 4.37. The highest BCUT2D eigenvalue weighted by atomic mass is 16.5. The first-order valence-corrected chi connectivity index (χ1v) is 8.46. The molecule has 1 amide bonds. The Kier molecular flexibility index (Phi) is 5.35. The number of nitrogens with zero attached hydrogens (tertiary/aromatic N) is 1. The van der Waals surface area contributed by atoms with Crippen LogP contribution in [0.3, 0.4) is 0 Å². The lowest BCUT2D eigenvalue weighted by Crippen LogP contribution is -2.29. The predicted octanol–water partition coefficient (Wildman–Crippen LogP) is 2.32. The van der Waals surface area contributed by atoms with Gasteiger partial charge in [0, 0.05) is 42.3 Å². The number of hydrogen-bond acceptors (Lipinski definition) is 6. The van der Waals surface area contributed by atoms with Crippen LogP contribution in [0.15, 0.2) is 33.5 Å². The number of aliphatic hydroxyl groups is 1. The number of rotatable bonds is 7. The Labute approximate surface area is 145 Å². The second kappa shape index (κ2) is 7.67. The number of carbonyl (C=O) groups excluding carboxylic acids is 1. The van der Waals surface area contributed by atoms with Crippen LogP contribution in [0.2, 0.25) is 0 Å². The number of aliphatic hydroxyl groups excluding tert-OH is 1. The van der Waals surface area contributed by atoms with Crippen LogP contribution in [0, 0.1) is 0 Å². The molecule has 7 heteroatoms.